The summed E-state index contributed by atoms with van der Waals surface area (Å²) in [5, 5.41) is 0. The number of rotatable bonds is 18. The van der Waals surface area contributed by atoms with Crippen molar-refractivity contribution in [1.82, 2.24) is 0 Å². The van der Waals surface area contributed by atoms with Crippen molar-refractivity contribution in [2.45, 2.75) is 104 Å². The molecule has 0 saturated heterocycles. The van der Waals surface area contributed by atoms with Crippen LogP contribution in [0.25, 0.3) is 0 Å². The number of ketones is 1. The zero-order valence-corrected chi connectivity index (χ0v) is 18.7. The zero-order chi connectivity index (χ0) is 19.7. The van der Waals surface area contributed by atoms with E-state index in [0.29, 0.717) is 5.78 Å². The van der Waals surface area contributed by atoms with Gasteiger partial charge in [-0.25, -0.2) is 0 Å². The molecular formula is C24H48NO+. The van der Waals surface area contributed by atoms with Crippen LogP contribution in [-0.2, 0) is 4.79 Å². The van der Waals surface area contributed by atoms with Gasteiger partial charge in [-0.15, -0.1) is 0 Å². The molecular weight excluding hydrogens is 318 g/mol. The van der Waals surface area contributed by atoms with E-state index < -0.39 is 0 Å². The first kappa shape index (κ1) is 25.4. The van der Waals surface area contributed by atoms with Crippen LogP contribution in [0.1, 0.15) is 104 Å². The molecule has 0 radical (unpaired) electrons. The van der Waals surface area contributed by atoms with Crippen molar-refractivity contribution in [3.05, 3.63) is 12.2 Å². The van der Waals surface area contributed by atoms with Crippen LogP contribution in [0.2, 0.25) is 0 Å². The van der Waals surface area contributed by atoms with Gasteiger partial charge < -0.3 is 4.48 Å². The van der Waals surface area contributed by atoms with Crippen LogP contribution in [0.15, 0.2) is 12.2 Å². The Hall–Kier alpha value is -0.630. The van der Waals surface area contributed by atoms with Crippen molar-refractivity contribution >= 4 is 5.78 Å². The molecule has 0 saturated carbocycles. The Bertz CT molecular complexity index is 354. The lowest BCUT2D eigenvalue weighted by molar-refractivity contribution is -0.872. The third-order valence-corrected chi connectivity index (χ3v) is 5.06. The Morgan fingerprint density at radius 1 is 0.769 bits per heavy atom. The highest BCUT2D eigenvalue weighted by atomic mass is 16.1. The lowest BCUT2D eigenvalue weighted by Gasteiger charge is -2.26. The zero-order valence-electron chi connectivity index (χ0n) is 18.7. The average molecular weight is 367 g/mol. The number of hydrogen-bond acceptors (Lipinski definition) is 1. The van der Waals surface area contributed by atoms with Gasteiger partial charge >= 0.3 is 0 Å². The van der Waals surface area contributed by atoms with Crippen LogP contribution in [0.5, 0.6) is 0 Å². The molecule has 0 rings (SSSR count). The van der Waals surface area contributed by atoms with Crippen LogP contribution in [0, 0.1) is 5.92 Å². The number of unbranched alkanes of at least 4 members (excludes halogenated alkanes) is 11. The fourth-order valence-electron chi connectivity index (χ4n) is 3.54. The van der Waals surface area contributed by atoms with Gasteiger partial charge in [-0.1, -0.05) is 77.4 Å². The maximum Gasteiger partial charge on any atom is 0.141 e. The van der Waals surface area contributed by atoms with E-state index in [4.69, 9.17) is 0 Å². The van der Waals surface area contributed by atoms with E-state index in [2.05, 4.69) is 47.1 Å². The molecule has 0 spiro atoms. The normalized spacial score (nSPS) is 13.4. The maximum absolute atomic E-state index is 12.1. The largest absolute Gasteiger partial charge is 0.330 e. The second kappa shape index (κ2) is 16.5. The Morgan fingerprint density at radius 2 is 1.23 bits per heavy atom. The fraction of sp³-hybridized carbons (Fsp3) is 0.875. The Kier molecular flexibility index (Phi) is 16.1. The van der Waals surface area contributed by atoms with Gasteiger partial charge in [0, 0.05) is 6.42 Å². The number of Topliss-reactive ketones (excluding diaryl/α,β-unsaturated/α-hetero) is 1. The first-order valence-electron chi connectivity index (χ1n) is 11.3. The number of carbonyl (C=O) groups excluding carboxylic acids is 1. The van der Waals surface area contributed by atoms with E-state index in [9.17, 15) is 4.79 Å². The van der Waals surface area contributed by atoms with Gasteiger partial charge in [0.25, 0.3) is 0 Å². The van der Waals surface area contributed by atoms with Gasteiger partial charge in [0.1, 0.15) is 5.78 Å². The summed E-state index contributed by atoms with van der Waals surface area (Å²) in [7, 11) is 6.48. The highest BCUT2D eigenvalue weighted by Gasteiger charge is 2.19. The van der Waals surface area contributed by atoms with Gasteiger partial charge in [-0.2, -0.15) is 0 Å². The first-order chi connectivity index (χ1) is 12.4. The molecule has 2 nitrogen and oxygen atoms in total. The number of quaternary nitrogens is 1. The smallest absolute Gasteiger partial charge is 0.141 e. The van der Waals surface area contributed by atoms with E-state index in [0.717, 1.165) is 23.9 Å². The van der Waals surface area contributed by atoms with E-state index in [1.165, 1.54) is 77.0 Å². The predicted molar refractivity (Wildman–Crippen MR) is 117 cm³/mol. The molecule has 0 heterocycles. The first-order valence-corrected chi connectivity index (χ1v) is 11.3. The number of hydrogen-bond donors (Lipinski definition) is 0. The molecule has 1 unspecified atom stereocenters. The quantitative estimate of drug-likeness (QED) is 0.146. The van der Waals surface area contributed by atoms with Crippen LogP contribution < -0.4 is 0 Å². The van der Waals surface area contributed by atoms with Crippen molar-refractivity contribution in [1.29, 1.82) is 0 Å². The Labute approximate surface area is 165 Å². The van der Waals surface area contributed by atoms with Gasteiger partial charge in [0.2, 0.25) is 0 Å². The summed E-state index contributed by atoms with van der Waals surface area (Å²) in [6.07, 6.45) is 22.6. The molecule has 0 amide bonds. The molecule has 154 valence electrons. The lowest BCUT2D eigenvalue weighted by Crippen LogP contribution is -2.40. The molecule has 0 aliphatic rings. The molecule has 0 bridgehead atoms. The van der Waals surface area contributed by atoms with Crippen molar-refractivity contribution in [2.75, 3.05) is 27.7 Å². The third kappa shape index (κ3) is 18.2. The minimum absolute atomic E-state index is 0.201. The van der Waals surface area contributed by atoms with Crippen LogP contribution in [0.4, 0.5) is 0 Å². The SMILES string of the molecule is CCCCCCCC/C=C\CCCCCCCC(=O)C(C)C[N+](C)(C)C. The van der Waals surface area contributed by atoms with Gasteiger partial charge in [0.15, 0.2) is 0 Å². The lowest BCUT2D eigenvalue weighted by atomic mass is 9.99. The molecule has 0 N–H and O–H groups in total. The molecule has 0 aliphatic heterocycles. The van der Waals surface area contributed by atoms with Crippen molar-refractivity contribution in [2.24, 2.45) is 5.92 Å². The number of nitrogens with zero attached hydrogens (tertiary/aromatic N) is 1. The third-order valence-electron chi connectivity index (χ3n) is 5.06. The molecule has 0 aromatic heterocycles. The summed E-state index contributed by atoms with van der Waals surface area (Å²) in [5.74, 6) is 0.655. The van der Waals surface area contributed by atoms with Crippen LogP contribution in [-0.4, -0.2) is 38.0 Å². The summed E-state index contributed by atoms with van der Waals surface area (Å²) >= 11 is 0. The van der Waals surface area contributed by atoms with Crippen LogP contribution >= 0.6 is 0 Å². The monoisotopic (exact) mass is 366 g/mol. The molecule has 0 aromatic rings. The average Bonchev–Trinajstić information content (AvgIpc) is 2.56. The number of allylic oxidation sites excluding steroid dienone is 2. The second-order valence-corrected chi connectivity index (χ2v) is 9.17. The number of carbonyl (C=O) groups is 1. The molecule has 26 heavy (non-hydrogen) atoms. The second-order valence-electron chi connectivity index (χ2n) is 9.17. The summed E-state index contributed by atoms with van der Waals surface area (Å²) < 4.78 is 0.874. The molecule has 2 heteroatoms. The Balaban J connectivity index is 3.38. The van der Waals surface area contributed by atoms with Crippen LogP contribution in [0.3, 0.4) is 0 Å². The molecule has 0 fully saturated rings. The molecule has 0 aliphatic carbocycles. The van der Waals surface area contributed by atoms with E-state index in [1.807, 2.05) is 0 Å². The standard InChI is InChI=1S/C24H48NO/c1-6-7-8-9-10-11-12-13-14-15-16-17-18-19-20-21-24(26)23(2)22-25(3,4)5/h13-14,23H,6-12,15-22H2,1-5H3/q+1/b14-13-. The maximum atomic E-state index is 12.1. The topological polar surface area (TPSA) is 17.1 Å². The molecule has 1 atom stereocenters. The van der Waals surface area contributed by atoms with E-state index in [1.54, 1.807) is 0 Å². The van der Waals surface area contributed by atoms with E-state index in [-0.39, 0.29) is 5.92 Å². The van der Waals surface area contributed by atoms with Gasteiger partial charge in [0.05, 0.1) is 33.6 Å². The van der Waals surface area contributed by atoms with Crippen molar-refractivity contribution < 1.29 is 9.28 Å². The van der Waals surface area contributed by atoms with Crippen molar-refractivity contribution in [3.8, 4) is 0 Å². The summed E-state index contributed by atoms with van der Waals surface area (Å²) in [6.45, 7) is 5.31. The summed E-state index contributed by atoms with van der Waals surface area (Å²) in [6, 6.07) is 0. The van der Waals surface area contributed by atoms with Crippen molar-refractivity contribution in [3.63, 3.8) is 0 Å². The highest BCUT2D eigenvalue weighted by molar-refractivity contribution is 5.80. The van der Waals surface area contributed by atoms with Gasteiger partial charge in [-0.05, 0) is 32.1 Å². The van der Waals surface area contributed by atoms with Gasteiger partial charge in [-0.3, -0.25) is 4.79 Å². The highest BCUT2D eigenvalue weighted by Crippen LogP contribution is 2.12. The summed E-state index contributed by atoms with van der Waals surface area (Å²) in [5.41, 5.74) is 0. The van der Waals surface area contributed by atoms with E-state index >= 15 is 0 Å². The fourth-order valence-corrected chi connectivity index (χ4v) is 3.54. The molecule has 0 aromatic carbocycles. The minimum Gasteiger partial charge on any atom is -0.330 e. The Morgan fingerprint density at radius 3 is 1.73 bits per heavy atom. The minimum atomic E-state index is 0.201. The predicted octanol–water partition coefficient (Wildman–Crippen LogP) is 6.94. The summed E-state index contributed by atoms with van der Waals surface area (Å²) in [4.78, 5) is 12.1.